The van der Waals surface area contributed by atoms with Crippen LogP contribution in [0.5, 0.6) is 5.75 Å². The minimum atomic E-state index is -0.725. The summed E-state index contributed by atoms with van der Waals surface area (Å²) in [6.07, 6.45) is 0. The van der Waals surface area contributed by atoms with Crippen LogP contribution in [0.1, 0.15) is 24.2 Å². The summed E-state index contributed by atoms with van der Waals surface area (Å²) >= 11 is 0. The monoisotopic (exact) mass is 287 g/mol. The molecule has 0 unspecified atom stereocenters. The van der Waals surface area contributed by atoms with E-state index in [-0.39, 0.29) is 29.9 Å². The molecule has 2 aromatic carbocycles. The summed E-state index contributed by atoms with van der Waals surface area (Å²) in [6, 6.07) is 10.3. The number of phenols is 1. The third-order valence-corrected chi connectivity index (χ3v) is 2.90. The van der Waals surface area contributed by atoms with Crippen molar-refractivity contribution in [3.05, 3.63) is 42.0 Å². The largest absolute Gasteiger partial charge is 0.506 e. The molecule has 0 fully saturated rings. The lowest BCUT2D eigenvalue weighted by Crippen LogP contribution is -2.33. The number of carbonyl (C=O) groups excluding carboxylic acids is 2. The van der Waals surface area contributed by atoms with Gasteiger partial charge < -0.3 is 15.2 Å². The lowest BCUT2D eigenvalue weighted by Gasteiger charge is -2.10. The van der Waals surface area contributed by atoms with Crippen LogP contribution in [0, 0.1) is 0 Å². The number of hydrogen-bond donors (Lipinski definition) is 2. The fourth-order valence-electron chi connectivity index (χ4n) is 1.99. The average molecular weight is 287 g/mol. The molecule has 2 aromatic rings. The number of carbonyl (C=O) groups is 2. The lowest BCUT2D eigenvalue weighted by atomic mass is 10.1. The van der Waals surface area contributed by atoms with E-state index in [4.69, 9.17) is 4.74 Å². The molecule has 0 bridgehead atoms. The van der Waals surface area contributed by atoms with Gasteiger partial charge in [-0.15, -0.1) is 0 Å². The Bertz CT molecular complexity index is 679. The fraction of sp³-hybridized carbons (Fsp3) is 0.250. The van der Waals surface area contributed by atoms with Crippen molar-refractivity contribution in [2.45, 2.75) is 19.9 Å². The summed E-state index contributed by atoms with van der Waals surface area (Å²) in [4.78, 5) is 23.4. The molecule has 21 heavy (non-hydrogen) atoms. The van der Waals surface area contributed by atoms with Crippen molar-refractivity contribution in [2.75, 3.05) is 6.61 Å². The number of ether oxygens (including phenoxy) is 1. The van der Waals surface area contributed by atoms with E-state index in [9.17, 15) is 14.7 Å². The maximum Gasteiger partial charge on any atom is 0.342 e. The van der Waals surface area contributed by atoms with Gasteiger partial charge in [0.1, 0.15) is 11.3 Å². The van der Waals surface area contributed by atoms with Crippen LogP contribution < -0.4 is 5.32 Å². The average Bonchev–Trinajstić information content (AvgIpc) is 2.45. The van der Waals surface area contributed by atoms with E-state index in [1.807, 2.05) is 26.0 Å². The number of nitrogens with one attached hydrogen (secondary N) is 1. The summed E-state index contributed by atoms with van der Waals surface area (Å²) in [5.74, 6) is -1.24. The van der Waals surface area contributed by atoms with Gasteiger partial charge in [0.05, 0.1) is 0 Å². The van der Waals surface area contributed by atoms with Gasteiger partial charge in [-0.1, -0.05) is 30.3 Å². The highest BCUT2D eigenvalue weighted by atomic mass is 16.5. The van der Waals surface area contributed by atoms with E-state index < -0.39 is 5.97 Å². The number of benzene rings is 2. The van der Waals surface area contributed by atoms with E-state index in [0.717, 1.165) is 5.39 Å². The number of phenolic OH excluding ortho intramolecular Hbond substituents is 1. The predicted octanol–water partition coefficient (Wildman–Crippen LogP) is 2.23. The molecule has 0 aliphatic carbocycles. The number of fused-ring (bicyclic) bond motifs is 1. The molecule has 0 spiro atoms. The highest BCUT2D eigenvalue weighted by Crippen LogP contribution is 2.28. The van der Waals surface area contributed by atoms with E-state index in [0.29, 0.717) is 5.39 Å². The Labute approximate surface area is 122 Å². The summed E-state index contributed by atoms with van der Waals surface area (Å²) < 4.78 is 4.91. The molecule has 0 saturated heterocycles. The molecule has 0 aliphatic heterocycles. The van der Waals surface area contributed by atoms with E-state index in [1.54, 1.807) is 18.2 Å². The zero-order valence-electron chi connectivity index (χ0n) is 11.9. The molecule has 0 aliphatic rings. The summed E-state index contributed by atoms with van der Waals surface area (Å²) in [7, 11) is 0. The quantitative estimate of drug-likeness (QED) is 0.845. The lowest BCUT2D eigenvalue weighted by molar-refractivity contribution is -0.124. The highest BCUT2D eigenvalue weighted by Gasteiger charge is 2.16. The third-order valence-electron chi connectivity index (χ3n) is 2.90. The second-order valence-corrected chi connectivity index (χ2v) is 4.98. The van der Waals surface area contributed by atoms with Crippen LogP contribution in [0.25, 0.3) is 10.8 Å². The molecular formula is C16H17NO4. The standard InChI is InChI=1S/C16H17NO4/c1-10(2)17-14(18)9-21-16(20)13-8-7-11-5-3-4-6-12(11)15(13)19/h3-8,10,19H,9H2,1-2H3,(H,17,18). The van der Waals surface area contributed by atoms with Crippen LogP contribution in [0.3, 0.4) is 0 Å². The second-order valence-electron chi connectivity index (χ2n) is 4.98. The van der Waals surface area contributed by atoms with Gasteiger partial charge in [-0.05, 0) is 25.3 Å². The van der Waals surface area contributed by atoms with Crippen LogP contribution in [0.15, 0.2) is 36.4 Å². The van der Waals surface area contributed by atoms with Crippen LogP contribution >= 0.6 is 0 Å². The molecule has 0 heterocycles. The summed E-state index contributed by atoms with van der Waals surface area (Å²) in [6.45, 7) is 3.26. The third kappa shape index (κ3) is 3.51. The molecule has 0 aromatic heterocycles. The number of amides is 1. The number of esters is 1. The number of rotatable bonds is 4. The molecular weight excluding hydrogens is 270 g/mol. The molecule has 2 rings (SSSR count). The van der Waals surface area contributed by atoms with Gasteiger partial charge in [0.2, 0.25) is 0 Å². The van der Waals surface area contributed by atoms with Crippen LogP contribution in [-0.4, -0.2) is 29.6 Å². The van der Waals surface area contributed by atoms with Crippen molar-refractivity contribution < 1.29 is 19.4 Å². The Hall–Kier alpha value is -2.56. The molecule has 5 nitrogen and oxygen atoms in total. The Morgan fingerprint density at radius 1 is 1.19 bits per heavy atom. The van der Waals surface area contributed by atoms with Crippen molar-refractivity contribution >= 4 is 22.6 Å². The fourth-order valence-corrected chi connectivity index (χ4v) is 1.99. The molecule has 0 saturated carbocycles. The first-order valence-electron chi connectivity index (χ1n) is 6.66. The smallest absolute Gasteiger partial charge is 0.342 e. The minimum absolute atomic E-state index is 0.0229. The Kier molecular flexibility index (Phi) is 4.42. The SMILES string of the molecule is CC(C)NC(=O)COC(=O)c1ccc2ccccc2c1O. The van der Waals surface area contributed by atoms with Crippen molar-refractivity contribution in [1.29, 1.82) is 0 Å². The van der Waals surface area contributed by atoms with Gasteiger partial charge in [0.15, 0.2) is 6.61 Å². The number of hydrogen-bond acceptors (Lipinski definition) is 4. The zero-order valence-corrected chi connectivity index (χ0v) is 11.9. The van der Waals surface area contributed by atoms with Crippen molar-refractivity contribution in [1.82, 2.24) is 5.32 Å². The van der Waals surface area contributed by atoms with E-state index in [1.165, 1.54) is 6.07 Å². The molecule has 1 amide bonds. The van der Waals surface area contributed by atoms with Crippen LogP contribution in [-0.2, 0) is 9.53 Å². The molecule has 5 heteroatoms. The van der Waals surface area contributed by atoms with Gasteiger partial charge in [-0.25, -0.2) is 4.79 Å². The van der Waals surface area contributed by atoms with Gasteiger partial charge in [-0.2, -0.15) is 0 Å². The predicted molar refractivity (Wildman–Crippen MR) is 79.2 cm³/mol. The van der Waals surface area contributed by atoms with Gasteiger partial charge in [0, 0.05) is 11.4 Å². The topological polar surface area (TPSA) is 75.6 Å². The van der Waals surface area contributed by atoms with Gasteiger partial charge in [0.25, 0.3) is 5.91 Å². The van der Waals surface area contributed by atoms with Crippen LogP contribution in [0.4, 0.5) is 0 Å². The Morgan fingerprint density at radius 2 is 1.90 bits per heavy atom. The van der Waals surface area contributed by atoms with Crippen molar-refractivity contribution in [2.24, 2.45) is 0 Å². The highest BCUT2D eigenvalue weighted by molar-refractivity contribution is 6.01. The normalized spacial score (nSPS) is 10.6. The Morgan fingerprint density at radius 3 is 2.62 bits per heavy atom. The maximum atomic E-state index is 11.9. The first kappa shape index (κ1) is 14.8. The van der Waals surface area contributed by atoms with E-state index >= 15 is 0 Å². The Balaban J connectivity index is 2.13. The van der Waals surface area contributed by atoms with Gasteiger partial charge in [-0.3, -0.25) is 4.79 Å². The number of aromatic hydroxyl groups is 1. The molecule has 2 N–H and O–H groups in total. The van der Waals surface area contributed by atoms with Crippen molar-refractivity contribution in [3.63, 3.8) is 0 Å². The summed E-state index contributed by atoms with van der Waals surface area (Å²) in [5, 5.41) is 14.1. The van der Waals surface area contributed by atoms with Crippen molar-refractivity contribution in [3.8, 4) is 5.75 Å². The van der Waals surface area contributed by atoms with E-state index in [2.05, 4.69) is 5.32 Å². The first-order chi connectivity index (χ1) is 9.99. The first-order valence-corrected chi connectivity index (χ1v) is 6.66. The second kappa shape index (κ2) is 6.26. The molecule has 0 radical (unpaired) electrons. The maximum absolute atomic E-state index is 11.9. The van der Waals surface area contributed by atoms with Gasteiger partial charge >= 0.3 is 5.97 Å². The molecule has 0 atom stereocenters. The van der Waals surface area contributed by atoms with Crippen LogP contribution in [0.2, 0.25) is 0 Å². The zero-order chi connectivity index (χ0) is 15.4. The summed E-state index contributed by atoms with van der Waals surface area (Å²) in [5.41, 5.74) is 0.0473. The molecule has 110 valence electrons. The minimum Gasteiger partial charge on any atom is -0.506 e.